The minimum atomic E-state index is -0.135. The smallest absolute Gasteiger partial charge is 0.271 e. The standard InChI is InChI=1S/C22H28N6O3/c1-23-7-3-4-21(29)27-12-17(13-27)28(11-15-5-6-15)19-8-16(10-24-22(19)30)18-9-20(31-2)26-14-25-18/h3-4,8-10,14-15,17,23H,5-7,11-13H2,1-2H3,(H,24,30)/b4-3+. The number of methoxy groups -OCH3 is 1. The van der Waals surface area contributed by atoms with Crippen LogP contribution in [0.1, 0.15) is 12.8 Å². The van der Waals surface area contributed by atoms with Gasteiger partial charge in [-0.25, -0.2) is 9.97 Å². The number of rotatable bonds is 9. The van der Waals surface area contributed by atoms with E-state index in [1.165, 1.54) is 19.2 Å². The number of aromatic nitrogens is 3. The molecule has 0 atom stereocenters. The van der Waals surface area contributed by atoms with Crippen molar-refractivity contribution in [2.45, 2.75) is 18.9 Å². The van der Waals surface area contributed by atoms with Gasteiger partial charge in [0.25, 0.3) is 5.56 Å². The van der Waals surface area contributed by atoms with Gasteiger partial charge in [-0.3, -0.25) is 9.59 Å². The molecular weight excluding hydrogens is 396 g/mol. The van der Waals surface area contributed by atoms with Gasteiger partial charge in [0.15, 0.2) is 0 Å². The van der Waals surface area contributed by atoms with Gasteiger partial charge in [0.2, 0.25) is 11.8 Å². The van der Waals surface area contributed by atoms with E-state index in [4.69, 9.17) is 4.74 Å². The normalized spacial score (nSPS) is 16.4. The first kappa shape index (κ1) is 21.0. The number of nitrogens with one attached hydrogen (secondary N) is 2. The molecule has 0 bridgehead atoms. The molecule has 3 heterocycles. The molecular formula is C22H28N6O3. The molecule has 1 aliphatic carbocycles. The first-order valence-electron chi connectivity index (χ1n) is 10.5. The molecule has 1 amide bonds. The van der Waals surface area contributed by atoms with E-state index >= 15 is 0 Å². The summed E-state index contributed by atoms with van der Waals surface area (Å²) in [6.07, 6.45) is 8.89. The molecule has 1 saturated heterocycles. The quantitative estimate of drug-likeness (QED) is 0.580. The number of amides is 1. The zero-order valence-electron chi connectivity index (χ0n) is 17.9. The van der Waals surface area contributed by atoms with Crippen LogP contribution in [0.5, 0.6) is 5.88 Å². The van der Waals surface area contributed by atoms with Crippen LogP contribution in [0.2, 0.25) is 0 Å². The number of carbonyl (C=O) groups is 1. The number of H-pyrrole nitrogens is 1. The highest BCUT2D eigenvalue weighted by atomic mass is 16.5. The molecule has 2 aliphatic rings. The van der Waals surface area contributed by atoms with Crippen molar-refractivity contribution in [1.29, 1.82) is 0 Å². The minimum Gasteiger partial charge on any atom is -0.481 e. The third kappa shape index (κ3) is 4.93. The summed E-state index contributed by atoms with van der Waals surface area (Å²) >= 11 is 0. The molecule has 31 heavy (non-hydrogen) atoms. The van der Waals surface area contributed by atoms with E-state index in [-0.39, 0.29) is 17.5 Å². The monoisotopic (exact) mass is 424 g/mol. The summed E-state index contributed by atoms with van der Waals surface area (Å²) in [5.74, 6) is 1.07. The maximum absolute atomic E-state index is 12.8. The van der Waals surface area contributed by atoms with Crippen LogP contribution < -0.4 is 20.5 Å². The summed E-state index contributed by atoms with van der Waals surface area (Å²) in [6, 6.07) is 3.74. The number of hydrogen-bond acceptors (Lipinski definition) is 7. The number of anilines is 1. The zero-order chi connectivity index (χ0) is 21.8. The molecule has 0 spiro atoms. The topological polar surface area (TPSA) is 103 Å². The summed E-state index contributed by atoms with van der Waals surface area (Å²) in [4.78, 5) is 40.2. The van der Waals surface area contributed by atoms with Crippen LogP contribution in [-0.2, 0) is 4.79 Å². The Labute approximate surface area is 181 Å². The summed E-state index contributed by atoms with van der Waals surface area (Å²) in [5, 5.41) is 2.99. The van der Waals surface area contributed by atoms with Crippen molar-refractivity contribution in [3.05, 3.63) is 47.2 Å². The Kier molecular flexibility index (Phi) is 6.31. The van der Waals surface area contributed by atoms with Crippen molar-refractivity contribution in [2.24, 2.45) is 5.92 Å². The highest BCUT2D eigenvalue weighted by Crippen LogP contribution is 2.33. The zero-order valence-corrected chi connectivity index (χ0v) is 17.9. The largest absolute Gasteiger partial charge is 0.481 e. The fraction of sp³-hybridized carbons (Fsp3) is 0.455. The van der Waals surface area contributed by atoms with E-state index in [1.807, 2.05) is 24.1 Å². The summed E-state index contributed by atoms with van der Waals surface area (Å²) in [7, 11) is 3.40. The molecule has 0 unspecified atom stereocenters. The Morgan fingerprint density at radius 3 is 2.87 bits per heavy atom. The van der Waals surface area contributed by atoms with Crippen LogP contribution in [0.3, 0.4) is 0 Å². The molecule has 0 radical (unpaired) electrons. The first-order valence-corrected chi connectivity index (χ1v) is 10.5. The van der Waals surface area contributed by atoms with Gasteiger partial charge in [-0.05, 0) is 31.9 Å². The van der Waals surface area contributed by atoms with Gasteiger partial charge in [-0.15, -0.1) is 0 Å². The van der Waals surface area contributed by atoms with Crippen molar-refractivity contribution < 1.29 is 9.53 Å². The van der Waals surface area contributed by atoms with Crippen LogP contribution in [0.15, 0.2) is 41.6 Å². The SMILES string of the molecule is CNC/C=C/C(=O)N1CC(N(CC2CC2)c2cc(-c3cc(OC)ncn3)c[nH]c2=O)C1. The van der Waals surface area contributed by atoms with Gasteiger partial charge in [0.1, 0.15) is 12.0 Å². The van der Waals surface area contributed by atoms with E-state index in [0.29, 0.717) is 42.8 Å². The van der Waals surface area contributed by atoms with E-state index in [2.05, 4.69) is 25.2 Å². The molecule has 164 valence electrons. The van der Waals surface area contributed by atoms with Crippen LogP contribution in [0.25, 0.3) is 11.3 Å². The first-order chi connectivity index (χ1) is 15.1. The number of ether oxygens (including phenoxy) is 1. The lowest BCUT2D eigenvalue weighted by molar-refractivity contribution is -0.130. The molecule has 2 N–H and O–H groups in total. The van der Waals surface area contributed by atoms with Crippen molar-refractivity contribution in [2.75, 3.05) is 45.2 Å². The molecule has 4 rings (SSSR count). The van der Waals surface area contributed by atoms with Gasteiger partial charge in [-0.2, -0.15) is 0 Å². The van der Waals surface area contributed by atoms with Crippen LogP contribution in [-0.4, -0.2) is 72.1 Å². The average molecular weight is 425 g/mol. The number of likely N-dealkylation sites (N-methyl/N-ethyl adjacent to an activating group) is 1. The Morgan fingerprint density at radius 2 is 2.16 bits per heavy atom. The lowest BCUT2D eigenvalue weighted by Crippen LogP contribution is -2.62. The van der Waals surface area contributed by atoms with Crippen LogP contribution >= 0.6 is 0 Å². The second kappa shape index (κ2) is 9.30. The fourth-order valence-corrected chi connectivity index (χ4v) is 3.68. The Balaban J connectivity index is 1.54. The van der Waals surface area contributed by atoms with Crippen molar-refractivity contribution >= 4 is 11.6 Å². The lowest BCUT2D eigenvalue weighted by atomic mass is 10.0. The number of aromatic amines is 1. The van der Waals surface area contributed by atoms with Crippen molar-refractivity contribution in [1.82, 2.24) is 25.2 Å². The Hall–Kier alpha value is -3.20. The predicted octanol–water partition coefficient (Wildman–Crippen LogP) is 1.04. The Bertz CT molecular complexity index is 1010. The number of hydrogen-bond donors (Lipinski definition) is 2. The summed E-state index contributed by atoms with van der Waals surface area (Å²) in [5.41, 5.74) is 1.95. The fourth-order valence-electron chi connectivity index (χ4n) is 3.68. The van der Waals surface area contributed by atoms with Crippen LogP contribution in [0, 0.1) is 5.92 Å². The molecule has 2 fully saturated rings. The highest BCUT2D eigenvalue weighted by molar-refractivity contribution is 5.88. The maximum atomic E-state index is 12.8. The summed E-state index contributed by atoms with van der Waals surface area (Å²) < 4.78 is 5.19. The average Bonchev–Trinajstić information content (AvgIpc) is 3.57. The highest BCUT2D eigenvalue weighted by Gasteiger charge is 2.37. The minimum absolute atomic E-state index is 0.00797. The number of nitrogens with zero attached hydrogens (tertiary/aromatic N) is 4. The second-order valence-electron chi connectivity index (χ2n) is 8.00. The van der Waals surface area contributed by atoms with E-state index in [9.17, 15) is 9.59 Å². The molecule has 1 aliphatic heterocycles. The van der Waals surface area contributed by atoms with E-state index in [1.54, 1.807) is 25.4 Å². The van der Waals surface area contributed by atoms with Crippen LogP contribution in [0.4, 0.5) is 5.69 Å². The predicted molar refractivity (Wildman–Crippen MR) is 118 cm³/mol. The van der Waals surface area contributed by atoms with E-state index < -0.39 is 0 Å². The lowest BCUT2D eigenvalue weighted by Gasteiger charge is -2.46. The molecule has 2 aromatic heterocycles. The van der Waals surface area contributed by atoms with E-state index in [0.717, 1.165) is 12.1 Å². The molecule has 0 aromatic carbocycles. The molecule has 1 saturated carbocycles. The number of likely N-dealkylation sites (tertiary alicyclic amines) is 1. The maximum Gasteiger partial charge on any atom is 0.271 e. The van der Waals surface area contributed by atoms with Gasteiger partial charge in [0.05, 0.1) is 18.8 Å². The summed E-state index contributed by atoms with van der Waals surface area (Å²) in [6.45, 7) is 2.70. The van der Waals surface area contributed by atoms with Gasteiger partial charge >= 0.3 is 0 Å². The molecule has 9 heteroatoms. The van der Waals surface area contributed by atoms with Gasteiger partial charge in [0, 0.05) is 50.1 Å². The number of carbonyl (C=O) groups excluding carboxylic acids is 1. The third-order valence-corrected chi connectivity index (χ3v) is 5.69. The third-order valence-electron chi connectivity index (χ3n) is 5.69. The van der Waals surface area contributed by atoms with Crippen molar-refractivity contribution in [3.8, 4) is 17.1 Å². The van der Waals surface area contributed by atoms with Gasteiger partial charge < -0.3 is 24.8 Å². The second-order valence-corrected chi connectivity index (χ2v) is 8.00. The Morgan fingerprint density at radius 1 is 1.35 bits per heavy atom. The molecule has 9 nitrogen and oxygen atoms in total. The van der Waals surface area contributed by atoms with Gasteiger partial charge in [-0.1, -0.05) is 6.08 Å². The van der Waals surface area contributed by atoms with Crippen molar-refractivity contribution in [3.63, 3.8) is 0 Å². The molecule has 2 aromatic rings. The number of pyridine rings is 1.